The summed E-state index contributed by atoms with van der Waals surface area (Å²) in [5.74, 6) is 0.410. The van der Waals surface area contributed by atoms with Crippen LogP contribution in [0.2, 0.25) is 0 Å². The van der Waals surface area contributed by atoms with Gasteiger partial charge in [-0.1, -0.05) is 6.92 Å². The van der Waals surface area contributed by atoms with Gasteiger partial charge in [-0.2, -0.15) is 5.26 Å². The second kappa shape index (κ2) is 4.52. The number of anilines is 1. The summed E-state index contributed by atoms with van der Waals surface area (Å²) in [4.78, 5) is 2.18. The largest absolute Gasteiger partial charge is 0.370 e. The van der Waals surface area contributed by atoms with Gasteiger partial charge in [0.2, 0.25) is 0 Å². The van der Waals surface area contributed by atoms with E-state index in [1.165, 1.54) is 12.1 Å². The average Bonchev–Trinajstić information content (AvgIpc) is 2.30. The van der Waals surface area contributed by atoms with E-state index < -0.39 is 0 Å². The van der Waals surface area contributed by atoms with Gasteiger partial charge in [0.25, 0.3) is 0 Å². The lowest BCUT2D eigenvalue weighted by atomic mass is 9.98. The SMILES string of the molecule is CC1CCN(c2ccc(F)cc2C#N)CC1. The highest BCUT2D eigenvalue weighted by atomic mass is 19.1. The first-order valence-corrected chi connectivity index (χ1v) is 5.65. The van der Waals surface area contributed by atoms with Gasteiger partial charge in [0.05, 0.1) is 11.3 Å². The van der Waals surface area contributed by atoms with Crippen molar-refractivity contribution < 1.29 is 4.39 Å². The lowest BCUT2D eigenvalue weighted by Gasteiger charge is -2.32. The van der Waals surface area contributed by atoms with E-state index in [9.17, 15) is 4.39 Å². The molecule has 0 spiro atoms. The Morgan fingerprint density at radius 3 is 2.69 bits per heavy atom. The van der Waals surface area contributed by atoms with Crippen molar-refractivity contribution in [1.82, 2.24) is 0 Å². The van der Waals surface area contributed by atoms with Gasteiger partial charge in [0, 0.05) is 13.1 Å². The molecule has 1 aliphatic rings. The van der Waals surface area contributed by atoms with Crippen LogP contribution in [0.3, 0.4) is 0 Å². The van der Waals surface area contributed by atoms with Crippen LogP contribution in [-0.2, 0) is 0 Å². The summed E-state index contributed by atoms with van der Waals surface area (Å²) in [5, 5.41) is 8.98. The zero-order chi connectivity index (χ0) is 11.5. The highest BCUT2D eigenvalue weighted by Gasteiger charge is 2.18. The van der Waals surface area contributed by atoms with Crippen LogP contribution in [0.25, 0.3) is 0 Å². The molecule has 0 N–H and O–H groups in total. The molecule has 84 valence electrons. The summed E-state index contributed by atoms with van der Waals surface area (Å²) in [6, 6.07) is 6.51. The number of hydrogen-bond acceptors (Lipinski definition) is 2. The van der Waals surface area contributed by atoms with Crippen molar-refractivity contribution in [3.63, 3.8) is 0 Å². The summed E-state index contributed by atoms with van der Waals surface area (Å²) < 4.78 is 13.0. The third-order valence-corrected chi connectivity index (χ3v) is 3.20. The minimum Gasteiger partial charge on any atom is -0.370 e. The molecule has 0 unspecified atom stereocenters. The molecule has 2 nitrogen and oxygen atoms in total. The molecule has 0 amide bonds. The Morgan fingerprint density at radius 1 is 1.38 bits per heavy atom. The lowest BCUT2D eigenvalue weighted by molar-refractivity contribution is 0.438. The molecule has 1 aromatic rings. The van der Waals surface area contributed by atoms with E-state index in [2.05, 4.69) is 17.9 Å². The smallest absolute Gasteiger partial charge is 0.124 e. The van der Waals surface area contributed by atoms with E-state index in [1.54, 1.807) is 6.07 Å². The molecule has 0 bridgehead atoms. The Morgan fingerprint density at radius 2 is 2.06 bits per heavy atom. The van der Waals surface area contributed by atoms with E-state index in [0.29, 0.717) is 5.56 Å². The summed E-state index contributed by atoms with van der Waals surface area (Å²) >= 11 is 0. The number of nitrogens with zero attached hydrogens (tertiary/aromatic N) is 2. The second-order valence-electron chi connectivity index (χ2n) is 4.44. The molecule has 1 aliphatic heterocycles. The molecule has 1 heterocycles. The molecule has 3 heteroatoms. The molecule has 2 rings (SSSR count). The van der Waals surface area contributed by atoms with Crippen LogP contribution in [0.15, 0.2) is 18.2 Å². The minimum atomic E-state index is -0.342. The topological polar surface area (TPSA) is 27.0 Å². The molecular formula is C13H15FN2. The van der Waals surface area contributed by atoms with Crippen molar-refractivity contribution in [1.29, 1.82) is 5.26 Å². The molecule has 16 heavy (non-hydrogen) atoms. The summed E-state index contributed by atoms with van der Waals surface area (Å²) in [6.45, 7) is 4.16. The molecule has 1 fully saturated rings. The maximum absolute atomic E-state index is 13.0. The second-order valence-corrected chi connectivity index (χ2v) is 4.44. The summed E-state index contributed by atoms with van der Waals surface area (Å²) in [5.41, 5.74) is 1.31. The third kappa shape index (κ3) is 2.16. The van der Waals surface area contributed by atoms with E-state index in [-0.39, 0.29) is 5.82 Å². The van der Waals surface area contributed by atoms with Crippen molar-refractivity contribution >= 4 is 5.69 Å². The van der Waals surface area contributed by atoms with Crippen molar-refractivity contribution in [3.05, 3.63) is 29.6 Å². The van der Waals surface area contributed by atoms with Crippen LogP contribution in [0.5, 0.6) is 0 Å². The summed E-state index contributed by atoms with van der Waals surface area (Å²) in [7, 11) is 0. The minimum absolute atomic E-state index is 0.342. The number of rotatable bonds is 1. The molecule has 0 atom stereocenters. The number of halogens is 1. The van der Waals surface area contributed by atoms with Crippen LogP contribution < -0.4 is 4.90 Å². The monoisotopic (exact) mass is 218 g/mol. The van der Waals surface area contributed by atoms with E-state index in [4.69, 9.17) is 5.26 Å². The van der Waals surface area contributed by atoms with Crippen molar-refractivity contribution in [2.24, 2.45) is 5.92 Å². The van der Waals surface area contributed by atoms with Crippen LogP contribution in [0, 0.1) is 23.1 Å². The first-order chi connectivity index (χ1) is 7.70. The van der Waals surface area contributed by atoms with Gasteiger partial charge in [-0.3, -0.25) is 0 Å². The highest BCUT2D eigenvalue weighted by molar-refractivity contribution is 5.59. The van der Waals surface area contributed by atoms with Crippen molar-refractivity contribution in [2.75, 3.05) is 18.0 Å². The Kier molecular flexibility index (Phi) is 3.09. The van der Waals surface area contributed by atoms with Gasteiger partial charge in [-0.15, -0.1) is 0 Å². The standard InChI is InChI=1S/C13H15FN2/c1-10-4-6-16(7-5-10)13-3-2-12(14)8-11(13)9-15/h2-3,8,10H,4-7H2,1H3. The Bertz CT molecular complexity index is 414. The maximum atomic E-state index is 13.0. The molecule has 0 aliphatic carbocycles. The average molecular weight is 218 g/mol. The first-order valence-electron chi connectivity index (χ1n) is 5.65. The highest BCUT2D eigenvalue weighted by Crippen LogP contribution is 2.26. The Hall–Kier alpha value is -1.56. The van der Waals surface area contributed by atoms with E-state index in [1.807, 2.05) is 0 Å². The van der Waals surface area contributed by atoms with Crippen molar-refractivity contribution in [3.8, 4) is 6.07 Å². The zero-order valence-electron chi connectivity index (χ0n) is 9.41. The Balaban J connectivity index is 2.24. The van der Waals surface area contributed by atoms with E-state index >= 15 is 0 Å². The fraction of sp³-hybridized carbons (Fsp3) is 0.462. The molecular weight excluding hydrogens is 203 g/mol. The van der Waals surface area contributed by atoms with E-state index in [0.717, 1.165) is 37.5 Å². The van der Waals surface area contributed by atoms with Crippen LogP contribution in [0.4, 0.5) is 10.1 Å². The number of hydrogen-bond donors (Lipinski definition) is 0. The quantitative estimate of drug-likeness (QED) is 0.724. The van der Waals surface area contributed by atoms with Crippen LogP contribution in [-0.4, -0.2) is 13.1 Å². The number of nitriles is 1. The van der Waals surface area contributed by atoms with Gasteiger partial charge in [-0.05, 0) is 37.0 Å². The summed E-state index contributed by atoms with van der Waals surface area (Å²) in [6.07, 6.45) is 2.28. The van der Waals surface area contributed by atoms with Crippen molar-refractivity contribution in [2.45, 2.75) is 19.8 Å². The Labute approximate surface area is 95.3 Å². The lowest BCUT2D eigenvalue weighted by Crippen LogP contribution is -2.33. The molecule has 0 radical (unpaired) electrons. The fourth-order valence-corrected chi connectivity index (χ4v) is 2.12. The van der Waals surface area contributed by atoms with Gasteiger partial charge in [0.1, 0.15) is 11.9 Å². The van der Waals surface area contributed by atoms with Gasteiger partial charge >= 0.3 is 0 Å². The third-order valence-electron chi connectivity index (χ3n) is 3.20. The molecule has 1 saturated heterocycles. The first kappa shape index (κ1) is 10.9. The fourth-order valence-electron chi connectivity index (χ4n) is 2.12. The normalized spacial score (nSPS) is 17.2. The molecule has 0 saturated carbocycles. The number of benzene rings is 1. The van der Waals surface area contributed by atoms with Crippen LogP contribution in [0.1, 0.15) is 25.3 Å². The predicted molar refractivity (Wildman–Crippen MR) is 61.7 cm³/mol. The van der Waals surface area contributed by atoms with Gasteiger partial charge < -0.3 is 4.90 Å². The van der Waals surface area contributed by atoms with Gasteiger partial charge in [0.15, 0.2) is 0 Å². The number of piperidine rings is 1. The maximum Gasteiger partial charge on any atom is 0.124 e. The van der Waals surface area contributed by atoms with Crippen LogP contribution >= 0.6 is 0 Å². The zero-order valence-corrected chi connectivity index (χ0v) is 9.41. The molecule has 1 aromatic carbocycles. The predicted octanol–water partition coefficient (Wildman–Crippen LogP) is 2.93. The van der Waals surface area contributed by atoms with Gasteiger partial charge in [-0.25, -0.2) is 4.39 Å². The molecule has 0 aromatic heterocycles.